The molecule has 0 aliphatic carbocycles. The van der Waals surface area contributed by atoms with E-state index in [0.717, 1.165) is 11.3 Å². The Bertz CT molecular complexity index is 567. The lowest BCUT2D eigenvalue weighted by Gasteiger charge is -2.25. The molecule has 0 aliphatic rings. The van der Waals surface area contributed by atoms with Crippen LogP contribution in [-0.2, 0) is 4.79 Å². The first-order valence-corrected chi connectivity index (χ1v) is 8.12. The Balaban J connectivity index is 2.41. The van der Waals surface area contributed by atoms with Gasteiger partial charge in [0.15, 0.2) is 0 Å². The third-order valence-corrected chi connectivity index (χ3v) is 3.56. The van der Waals surface area contributed by atoms with Crippen LogP contribution in [0.3, 0.4) is 0 Å². The Morgan fingerprint density at radius 3 is 2.46 bits per heavy atom. The summed E-state index contributed by atoms with van der Waals surface area (Å²) in [6.45, 7) is 10.4. The summed E-state index contributed by atoms with van der Waals surface area (Å²) >= 11 is 0. The van der Waals surface area contributed by atoms with Crippen molar-refractivity contribution >= 4 is 11.9 Å². The number of carbonyl (C=O) groups is 2. The number of hydrogen-bond donors (Lipinski definition) is 2. The monoisotopic (exact) mass is 335 g/mol. The number of carbonyl (C=O) groups excluding carboxylic acids is 2. The molecule has 3 amide bonds. The van der Waals surface area contributed by atoms with Gasteiger partial charge < -0.3 is 10.1 Å². The quantitative estimate of drug-likeness (QED) is 0.837. The van der Waals surface area contributed by atoms with Gasteiger partial charge in [0.05, 0.1) is 6.04 Å². The summed E-state index contributed by atoms with van der Waals surface area (Å²) in [5, 5.41) is 5.06. The highest BCUT2D eigenvalue weighted by molar-refractivity contribution is 5.97. The lowest BCUT2D eigenvalue weighted by Crippen LogP contribution is -2.52. The van der Waals surface area contributed by atoms with Gasteiger partial charge in [0, 0.05) is 12.1 Å². The molecule has 0 heterocycles. The van der Waals surface area contributed by atoms with Crippen LogP contribution >= 0.6 is 0 Å². The minimum Gasteiger partial charge on any atom is -0.492 e. The number of para-hydroxylation sites is 1. The van der Waals surface area contributed by atoms with Crippen molar-refractivity contribution in [1.82, 2.24) is 15.5 Å². The molecule has 0 saturated carbocycles. The number of ether oxygens (including phenoxy) is 1. The van der Waals surface area contributed by atoms with Gasteiger partial charge in [-0.05, 0) is 53.3 Å². The second kappa shape index (κ2) is 8.68. The van der Waals surface area contributed by atoms with Gasteiger partial charge in [-0.25, -0.2) is 4.79 Å². The fraction of sp³-hybridized carbons (Fsp3) is 0.556. The molecule has 0 aliphatic heterocycles. The maximum absolute atomic E-state index is 12.1. The number of imide groups is 1. The Kier molecular flexibility index (Phi) is 7.22. The van der Waals surface area contributed by atoms with Gasteiger partial charge in [0.2, 0.25) is 5.91 Å². The van der Waals surface area contributed by atoms with Crippen LogP contribution in [0.25, 0.3) is 0 Å². The molecule has 0 aromatic heterocycles. The van der Waals surface area contributed by atoms with Gasteiger partial charge in [-0.3, -0.25) is 15.0 Å². The van der Waals surface area contributed by atoms with E-state index in [1.54, 1.807) is 6.92 Å². The van der Waals surface area contributed by atoms with Crippen LogP contribution in [0.5, 0.6) is 5.75 Å². The van der Waals surface area contributed by atoms with Crippen molar-refractivity contribution < 1.29 is 14.3 Å². The van der Waals surface area contributed by atoms with Crippen molar-refractivity contribution in [1.29, 1.82) is 0 Å². The highest BCUT2D eigenvalue weighted by Crippen LogP contribution is 2.15. The average Bonchev–Trinajstić information content (AvgIpc) is 2.46. The molecular formula is C18H29N3O3. The predicted octanol–water partition coefficient (Wildman–Crippen LogP) is 2.32. The molecule has 24 heavy (non-hydrogen) atoms. The number of urea groups is 1. The zero-order valence-electron chi connectivity index (χ0n) is 15.5. The third kappa shape index (κ3) is 7.00. The maximum atomic E-state index is 12.1. The summed E-state index contributed by atoms with van der Waals surface area (Å²) < 4.78 is 5.73. The molecule has 1 rings (SSSR count). The zero-order chi connectivity index (χ0) is 18.3. The molecule has 2 N–H and O–H groups in total. The molecule has 0 radical (unpaired) electrons. The number of amides is 3. The van der Waals surface area contributed by atoms with Crippen LogP contribution in [0, 0.1) is 6.92 Å². The summed E-state index contributed by atoms with van der Waals surface area (Å²) in [4.78, 5) is 25.7. The number of rotatable bonds is 6. The first-order valence-electron chi connectivity index (χ1n) is 8.12. The lowest BCUT2D eigenvalue weighted by atomic mass is 10.1. The molecule has 1 aromatic carbocycles. The van der Waals surface area contributed by atoms with Crippen molar-refractivity contribution in [3.8, 4) is 5.75 Å². The summed E-state index contributed by atoms with van der Waals surface area (Å²) in [5.74, 6) is 0.503. The smallest absolute Gasteiger partial charge is 0.321 e. The highest BCUT2D eigenvalue weighted by Gasteiger charge is 2.22. The van der Waals surface area contributed by atoms with Crippen LogP contribution in [0.15, 0.2) is 24.3 Å². The van der Waals surface area contributed by atoms with E-state index in [2.05, 4.69) is 10.6 Å². The Labute approximate surface area is 144 Å². The molecule has 0 fully saturated rings. The van der Waals surface area contributed by atoms with Gasteiger partial charge >= 0.3 is 6.03 Å². The van der Waals surface area contributed by atoms with Gasteiger partial charge in [-0.1, -0.05) is 18.2 Å². The summed E-state index contributed by atoms with van der Waals surface area (Å²) in [6, 6.07) is 6.88. The maximum Gasteiger partial charge on any atom is 0.321 e. The molecule has 6 nitrogen and oxygen atoms in total. The largest absolute Gasteiger partial charge is 0.492 e. The zero-order valence-corrected chi connectivity index (χ0v) is 15.5. The molecule has 1 aromatic rings. The molecule has 134 valence electrons. The molecule has 0 bridgehead atoms. The standard InChI is InChI=1S/C18H29N3O3/c1-13-9-7-8-10-15(13)24-12-11-21(6)14(2)16(22)19-17(23)20-18(3,4)5/h7-10,14H,11-12H2,1-6H3,(H2,19,20,22,23). The van der Waals surface area contributed by atoms with Crippen LogP contribution in [0.1, 0.15) is 33.3 Å². The van der Waals surface area contributed by atoms with E-state index < -0.39 is 12.1 Å². The number of hydrogen-bond acceptors (Lipinski definition) is 4. The summed E-state index contributed by atoms with van der Waals surface area (Å²) in [5.41, 5.74) is 0.686. The fourth-order valence-corrected chi connectivity index (χ4v) is 2.00. The second-order valence-corrected chi connectivity index (χ2v) is 6.96. The molecule has 0 spiro atoms. The highest BCUT2D eigenvalue weighted by atomic mass is 16.5. The van der Waals surface area contributed by atoms with Crippen LogP contribution < -0.4 is 15.4 Å². The molecule has 1 atom stereocenters. The third-order valence-electron chi connectivity index (χ3n) is 3.56. The topological polar surface area (TPSA) is 70.7 Å². The van der Waals surface area contributed by atoms with E-state index in [1.807, 2.05) is 63.9 Å². The Hall–Kier alpha value is -2.08. The number of likely N-dealkylation sites (N-methyl/N-ethyl adjacent to an activating group) is 1. The number of benzene rings is 1. The molecule has 6 heteroatoms. The second-order valence-electron chi connectivity index (χ2n) is 6.96. The predicted molar refractivity (Wildman–Crippen MR) is 95.2 cm³/mol. The van der Waals surface area contributed by atoms with Gasteiger partial charge in [0.25, 0.3) is 0 Å². The minimum atomic E-state index is -0.482. The average molecular weight is 335 g/mol. The fourth-order valence-electron chi connectivity index (χ4n) is 2.00. The normalized spacial score (nSPS) is 12.6. The van der Waals surface area contributed by atoms with Crippen molar-refractivity contribution in [3.63, 3.8) is 0 Å². The number of aryl methyl sites for hydroxylation is 1. The van der Waals surface area contributed by atoms with E-state index >= 15 is 0 Å². The lowest BCUT2D eigenvalue weighted by molar-refractivity contribution is -0.124. The SMILES string of the molecule is Cc1ccccc1OCCN(C)C(C)C(=O)NC(=O)NC(C)(C)C. The first-order chi connectivity index (χ1) is 11.1. The molecule has 0 saturated heterocycles. The van der Waals surface area contributed by atoms with Gasteiger partial charge in [-0.2, -0.15) is 0 Å². The Morgan fingerprint density at radius 1 is 1.25 bits per heavy atom. The van der Waals surface area contributed by atoms with E-state index in [0.29, 0.717) is 13.2 Å². The van der Waals surface area contributed by atoms with Crippen molar-refractivity contribution in [3.05, 3.63) is 29.8 Å². The van der Waals surface area contributed by atoms with E-state index in [-0.39, 0.29) is 11.4 Å². The van der Waals surface area contributed by atoms with E-state index in [1.165, 1.54) is 0 Å². The van der Waals surface area contributed by atoms with Crippen molar-refractivity contribution in [2.45, 2.75) is 46.2 Å². The number of nitrogens with one attached hydrogen (secondary N) is 2. The van der Waals surface area contributed by atoms with Crippen molar-refractivity contribution in [2.75, 3.05) is 20.2 Å². The van der Waals surface area contributed by atoms with E-state index in [9.17, 15) is 9.59 Å². The van der Waals surface area contributed by atoms with Gasteiger partial charge in [0.1, 0.15) is 12.4 Å². The molecule has 1 unspecified atom stereocenters. The summed E-state index contributed by atoms with van der Waals surface area (Å²) in [7, 11) is 1.83. The molecular weight excluding hydrogens is 306 g/mol. The Morgan fingerprint density at radius 2 is 1.88 bits per heavy atom. The summed E-state index contributed by atoms with van der Waals surface area (Å²) in [6.07, 6.45) is 0. The van der Waals surface area contributed by atoms with Crippen LogP contribution in [-0.4, -0.2) is 48.6 Å². The minimum absolute atomic E-state index is 0.338. The first kappa shape index (κ1) is 20.0. The van der Waals surface area contributed by atoms with Crippen molar-refractivity contribution in [2.24, 2.45) is 0 Å². The number of nitrogens with zero attached hydrogens (tertiary/aromatic N) is 1. The van der Waals surface area contributed by atoms with Crippen LogP contribution in [0.4, 0.5) is 4.79 Å². The van der Waals surface area contributed by atoms with E-state index in [4.69, 9.17) is 4.74 Å². The van der Waals surface area contributed by atoms with Crippen LogP contribution in [0.2, 0.25) is 0 Å². The van der Waals surface area contributed by atoms with Gasteiger partial charge in [-0.15, -0.1) is 0 Å².